The van der Waals surface area contributed by atoms with Gasteiger partial charge in [0.1, 0.15) is 18.3 Å². The summed E-state index contributed by atoms with van der Waals surface area (Å²) in [7, 11) is 1.78. The van der Waals surface area contributed by atoms with Crippen molar-refractivity contribution in [3.8, 4) is 0 Å². The summed E-state index contributed by atoms with van der Waals surface area (Å²) < 4.78 is 0. The Kier molecular flexibility index (Phi) is 7.24. The van der Waals surface area contributed by atoms with Crippen molar-refractivity contribution in [2.75, 3.05) is 20.2 Å². The van der Waals surface area contributed by atoms with Crippen LogP contribution < -0.4 is 0 Å². The first-order valence-electron chi connectivity index (χ1n) is 6.92. The van der Waals surface area contributed by atoms with E-state index in [4.69, 9.17) is 5.11 Å². The molecule has 6 nitrogen and oxygen atoms in total. The average molecular weight is 299 g/mol. The summed E-state index contributed by atoms with van der Waals surface area (Å²) in [5, 5.41) is 47.2. The Balaban J connectivity index is 2.49. The number of rotatable bonds is 8. The Morgan fingerprint density at radius 2 is 1.48 bits per heavy atom. The molecule has 1 rings (SSSR count). The number of hydrogen-bond acceptors (Lipinski definition) is 6. The van der Waals surface area contributed by atoms with Crippen LogP contribution in [0.25, 0.3) is 0 Å². The molecule has 0 spiro atoms. The molecule has 0 aliphatic carbocycles. The predicted molar refractivity (Wildman–Crippen MR) is 78.6 cm³/mol. The summed E-state index contributed by atoms with van der Waals surface area (Å²) in [4.78, 5) is 1.80. The summed E-state index contributed by atoms with van der Waals surface area (Å²) >= 11 is 0. The van der Waals surface area contributed by atoms with E-state index >= 15 is 0 Å². The molecule has 120 valence electrons. The summed E-state index contributed by atoms with van der Waals surface area (Å²) in [5.74, 6) is 0. The zero-order valence-electron chi connectivity index (χ0n) is 12.4. The van der Waals surface area contributed by atoms with E-state index in [0.29, 0.717) is 6.54 Å². The van der Waals surface area contributed by atoms with Crippen LogP contribution in [0.2, 0.25) is 0 Å². The van der Waals surface area contributed by atoms with Gasteiger partial charge in [0.25, 0.3) is 0 Å². The quantitative estimate of drug-likeness (QED) is 0.416. The summed E-state index contributed by atoms with van der Waals surface area (Å²) in [6.07, 6.45) is -5.81. The van der Waals surface area contributed by atoms with Gasteiger partial charge in [-0.05, 0) is 19.5 Å². The van der Waals surface area contributed by atoms with Gasteiger partial charge in [0.15, 0.2) is 0 Å². The monoisotopic (exact) mass is 299 g/mol. The molecule has 6 heteroatoms. The second-order valence-electron chi connectivity index (χ2n) is 5.48. The van der Waals surface area contributed by atoms with E-state index in [0.717, 1.165) is 11.1 Å². The van der Waals surface area contributed by atoms with E-state index in [2.05, 4.69) is 0 Å². The van der Waals surface area contributed by atoms with Crippen LogP contribution in [-0.2, 0) is 6.54 Å². The van der Waals surface area contributed by atoms with Crippen LogP contribution in [0.4, 0.5) is 0 Å². The topological polar surface area (TPSA) is 104 Å². The summed E-state index contributed by atoms with van der Waals surface area (Å²) in [5.41, 5.74) is 2.23. The second kappa shape index (κ2) is 8.43. The first kappa shape index (κ1) is 18.0. The zero-order chi connectivity index (χ0) is 16.0. The molecule has 1 aromatic carbocycles. The maximum atomic E-state index is 9.88. The van der Waals surface area contributed by atoms with E-state index in [1.54, 1.807) is 11.9 Å². The number of aliphatic hydroxyl groups is 5. The molecule has 0 aliphatic heterocycles. The van der Waals surface area contributed by atoms with Gasteiger partial charge in [-0.25, -0.2) is 0 Å². The largest absolute Gasteiger partial charge is 0.394 e. The molecule has 4 unspecified atom stereocenters. The highest BCUT2D eigenvalue weighted by Crippen LogP contribution is 2.09. The third-order valence-electron chi connectivity index (χ3n) is 3.40. The van der Waals surface area contributed by atoms with E-state index in [9.17, 15) is 20.4 Å². The lowest BCUT2D eigenvalue weighted by Gasteiger charge is -2.28. The third kappa shape index (κ3) is 5.70. The van der Waals surface area contributed by atoms with Gasteiger partial charge < -0.3 is 25.5 Å². The minimum absolute atomic E-state index is 0.129. The number of likely N-dealkylation sites (N-methyl/N-ethyl adjacent to an activating group) is 1. The molecule has 4 atom stereocenters. The molecule has 0 aromatic heterocycles. The molecule has 21 heavy (non-hydrogen) atoms. The van der Waals surface area contributed by atoms with E-state index < -0.39 is 31.0 Å². The highest BCUT2D eigenvalue weighted by molar-refractivity contribution is 5.21. The van der Waals surface area contributed by atoms with Crippen LogP contribution in [-0.4, -0.2) is 75.0 Å². The maximum Gasteiger partial charge on any atom is 0.111 e. The minimum atomic E-state index is -1.59. The highest BCUT2D eigenvalue weighted by atomic mass is 16.4. The fourth-order valence-electron chi connectivity index (χ4n) is 2.06. The summed E-state index contributed by atoms with van der Waals surface area (Å²) in [6, 6.07) is 7.96. The third-order valence-corrected chi connectivity index (χ3v) is 3.40. The maximum absolute atomic E-state index is 9.88. The molecular weight excluding hydrogens is 274 g/mol. The number of nitrogens with zero attached hydrogens (tertiary/aromatic N) is 1. The first-order chi connectivity index (χ1) is 9.85. The fraction of sp³-hybridized carbons (Fsp3) is 0.600. The van der Waals surface area contributed by atoms with Crippen molar-refractivity contribution >= 4 is 0 Å². The van der Waals surface area contributed by atoms with Crippen LogP contribution in [0.3, 0.4) is 0 Å². The van der Waals surface area contributed by atoms with E-state index in [1.807, 2.05) is 31.2 Å². The van der Waals surface area contributed by atoms with Crippen LogP contribution in [0.15, 0.2) is 24.3 Å². The van der Waals surface area contributed by atoms with Crippen molar-refractivity contribution in [3.63, 3.8) is 0 Å². The van der Waals surface area contributed by atoms with Gasteiger partial charge in [0.05, 0.1) is 12.7 Å². The molecule has 0 fully saturated rings. The van der Waals surface area contributed by atoms with E-state index in [1.165, 1.54) is 0 Å². The molecule has 0 aliphatic rings. The molecule has 0 radical (unpaired) electrons. The van der Waals surface area contributed by atoms with Crippen LogP contribution in [0.5, 0.6) is 0 Å². The van der Waals surface area contributed by atoms with Gasteiger partial charge in [0.2, 0.25) is 0 Å². The van der Waals surface area contributed by atoms with Crippen molar-refractivity contribution in [2.45, 2.75) is 37.9 Å². The van der Waals surface area contributed by atoms with Crippen molar-refractivity contribution in [1.29, 1.82) is 0 Å². The van der Waals surface area contributed by atoms with Crippen molar-refractivity contribution < 1.29 is 25.5 Å². The smallest absolute Gasteiger partial charge is 0.111 e. The van der Waals surface area contributed by atoms with Gasteiger partial charge >= 0.3 is 0 Å². The van der Waals surface area contributed by atoms with E-state index in [-0.39, 0.29) is 6.54 Å². The van der Waals surface area contributed by atoms with Gasteiger partial charge in [-0.15, -0.1) is 0 Å². The van der Waals surface area contributed by atoms with Gasteiger partial charge in [-0.2, -0.15) is 0 Å². The Morgan fingerprint density at radius 3 is 2.00 bits per heavy atom. The average Bonchev–Trinajstić information content (AvgIpc) is 2.47. The SMILES string of the molecule is Cc1ccc(CN(C)CC(O)C(O)C(O)C(O)CO)cc1. The molecule has 0 saturated heterocycles. The normalized spacial score (nSPS) is 17.5. The number of aryl methyl sites for hydroxylation is 1. The lowest BCUT2D eigenvalue weighted by molar-refractivity contribution is -0.118. The van der Waals surface area contributed by atoms with Gasteiger partial charge in [-0.3, -0.25) is 4.90 Å². The molecule has 1 aromatic rings. The number of hydrogen-bond donors (Lipinski definition) is 5. The van der Waals surface area contributed by atoms with Crippen LogP contribution >= 0.6 is 0 Å². The fourth-order valence-corrected chi connectivity index (χ4v) is 2.06. The molecule has 0 saturated carbocycles. The zero-order valence-corrected chi connectivity index (χ0v) is 12.4. The Hall–Kier alpha value is -1.02. The van der Waals surface area contributed by atoms with Crippen molar-refractivity contribution in [3.05, 3.63) is 35.4 Å². The molecular formula is C15H25NO5. The molecule has 5 N–H and O–H groups in total. The number of aliphatic hydroxyl groups excluding tert-OH is 5. The lowest BCUT2D eigenvalue weighted by atomic mass is 10.0. The standard InChI is InChI=1S/C15H25NO5/c1-10-3-5-11(6-4-10)7-16(2)8-12(18)14(20)15(21)13(19)9-17/h3-6,12-15,17-21H,7-9H2,1-2H3. The van der Waals surface area contributed by atoms with Gasteiger partial charge in [-0.1, -0.05) is 29.8 Å². The Bertz CT molecular complexity index is 411. The first-order valence-corrected chi connectivity index (χ1v) is 6.92. The minimum Gasteiger partial charge on any atom is -0.394 e. The second-order valence-corrected chi connectivity index (χ2v) is 5.48. The highest BCUT2D eigenvalue weighted by Gasteiger charge is 2.30. The van der Waals surface area contributed by atoms with Crippen molar-refractivity contribution in [1.82, 2.24) is 4.90 Å². The molecule has 0 heterocycles. The lowest BCUT2D eigenvalue weighted by Crippen LogP contribution is -2.49. The molecule has 0 bridgehead atoms. The van der Waals surface area contributed by atoms with Gasteiger partial charge in [0, 0.05) is 13.1 Å². The molecule has 0 amide bonds. The Labute approximate surface area is 124 Å². The Morgan fingerprint density at radius 1 is 0.952 bits per heavy atom. The van der Waals surface area contributed by atoms with Crippen LogP contribution in [0, 0.1) is 6.92 Å². The van der Waals surface area contributed by atoms with Crippen molar-refractivity contribution in [2.24, 2.45) is 0 Å². The number of benzene rings is 1. The van der Waals surface area contributed by atoms with Crippen LogP contribution in [0.1, 0.15) is 11.1 Å². The summed E-state index contributed by atoms with van der Waals surface area (Å²) in [6.45, 7) is 2.04. The predicted octanol–water partition coefficient (Wildman–Crippen LogP) is -1.14.